The fourth-order valence-corrected chi connectivity index (χ4v) is 1.55. The normalized spacial score (nSPS) is 15.4. The number of alkyl halides is 3. The van der Waals surface area contributed by atoms with E-state index in [1.54, 1.807) is 6.07 Å². The molecule has 18 heavy (non-hydrogen) atoms. The number of hydrogen-bond donors (Lipinski definition) is 2. The fourth-order valence-electron chi connectivity index (χ4n) is 1.55. The molecule has 0 saturated carbocycles. The van der Waals surface area contributed by atoms with Crippen molar-refractivity contribution in [1.29, 1.82) is 0 Å². The summed E-state index contributed by atoms with van der Waals surface area (Å²) in [5.41, 5.74) is -0.943. The van der Waals surface area contributed by atoms with E-state index in [1.807, 2.05) is 0 Å². The van der Waals surface area contributed by atoms with E-state index in [4.69, 9.17) is 0 Å². The lowest BCUT2D eigenvalue weighted by Crippen LogP contribution is -2.51. The number of aliphatic hydroxyl groups excluding tert-OH is 1. The molecule has 0 bridgehead atoms. The Hall–Kier alpha value is -1.14. The van der Waals surface area contributed by atoms with Gasteiger partial charge in [-0.15, -0.1) is 0 Å². The molecular weight excluding hydrogens is 250 g/mol. The molecule has 0 aliphatic rings. The number of rotatable bonds is 5. The maximum atomic E-state index is 13.4. The second-order valence-electron chi connectivity index (χ2n) is 4.46. The lowest BCUT2D eigenvalue weighted by atomic mass is 9.93. The molecule has 2 nitrogen and oxygen atoms in total. The van der Waals surface area contributed by atoms with Crippen LogP contribution in [0.2, 0.25) is 0 Å². The predicted octanol–water partition coefficient (Wildman–Crippen LogP) is 2.27. The summed E-state index contributed by atoms with van der Waals surface area (Å²) in [5, 5.41) is 11.4. The van der Waals surface area contributed by atoms with Gasteiger partial charge in [0.25, 0.3) is 0 Å². The van der Waals surface area contributed by atoms with Crippen LogP contribution in [0.3, 0.4) is 0 Å². The van der Waals surface area contributed by atoms with Crippen molar-refractivity contribution in [2.24, 2.45) is 0 Å². The van der Waals surface area contributed by atoms with E-state index in [-0.39, 0.29) is 12.0 Å². The van der Waals surface area contributed by atoms with E-state index >= 15 is 0 Å². The Labute approximate surface area is 103 Å². The van der Waals surface area contributed by atoms with Crippen molar-refractivity contribution in [2.45, 2.75) is 25.1 Å². The zero-order chi connectivity index (χ0) is 13.8. The van der Waals surface area contributed by atoms with Gasteiger partial charge in [0.05, 0.1) is 13.2 Å². The number of halogens is 4. The van der Waals surface area contributed by atoms with E-state index in [1.165, 1.54) is 25.1 Å². The molecule has 102 valence electrons. The van der Waals surface area contributed by atoms with Gasteiger partial charge in [-0.1, -0.05) is 18.2 Å². The largest absolute Gasteiger partial charge is 0.401 e. The third kappa shape index (κ3) is 4.62. The molecule has 1 atom stereocenters. The maximum Gasteiger partial charge on any atom is 0.401 e. The molecule has 0 heterocycles. The van der Waals surface area contributed by atoms with Crippen LogP contribution in [-0.4, -0.2) is 30.0 Å². The summed E-state index contributed by atoms with van der Waals surface area (Å²) < 4.78 is 49.8. The molecule has 1 rings (SSSR count). The maximum absolute atomic E-state index is 13.4. The van der Waals surface area contributed by atoms with Gasteiger partial charge in [-0.2, -0.15) is 13.2 Å². The number of hydrogen-bond acceptors (Lipinski definition) is 2. The molecule has 0 aliphatic carbocycles. The van der Waals surface area contributed by atoms with Gasteiger partial charge in [0.15, 0.2) is 0 Å². The third-order valence-corrected chi connectivity index (χ3v) is 2.60. The average molecular weight is 265 g/mol. The van der Waals surface area contributed by atoms with Crippen LogP contribution in [0.1, 0.15) is 12.5 Å². The van der Waals surface area contributed by atoms with Crippen LogP contribution < -0.4 is 5.32 Å². The molecule has 1 aromatic rings. The van der Waals surface area contributed by atoms with E-state index < -0.39 is 30.7 Å². The Balaban J connectivity index is 2.74. The van der Waals surface area contributed by atoms with Gasteiger partial charge in [-0.3, -0.25) is 0 Å². The van der Waals surface area contributed by atoms with Crippen molar-refractivity contribution in [1.82, 2.24) is 5.32 Å². The second-order valence-corrected chi connectivity index (χ2v) is 4.46. The van der Waals surface area contributed by atoms with Crippen LogP contribution in [0.15, 0.2) is 24.3 Å². The van der Waals surface area contributed by atoms with Gasteiger partial charge in [-0.05, 0) is 25.0 Å². The Kier molecular flexibility index (Phi) is 4.70. The first-order chi connectivity index (χ1) is 8.26. The SMILES string of the molecule is CC(CO)(Cc1ccccc1F)NCC(F)(F)F. The van der Waals surface area contributed by atoms with Crippen molar-refractivity contribution in [3.8, 4) is 0 Å². The summed E-state index contributed by atoms with van der Waals surface area (Å²) in [6.45, 7) is -0.318. The summed E-state index contributed by atoms with van der Waals surface area (Å²) in [4.78, 5) is 0. The van der Waals surface area contributed by atoms with Gasteiger partial charge in [0.1, 0.15) is 5.82 Å². The van der Waals surface area contributed by atoms with Gasteiger partial charge in [0.2, 0.25) is 0 Å². The van der Waals surface area contributed by atoms with E-state index in [2.05, 4.69) is 5.32 Å². The Morgan fingerprint density at radius 2 is 1.83 bits per heavy atom. The molecule has 0 aromatic heterocycles. The van der Waals surface area contributed by atoms with Crippen LogP contribution in [0.25, 0.3) is 0 Å². The minimum atomic E-state index is -4.37. The fraction of sp³-hybridized carbons (Fsp3) is 0.500. The van der Waals surface area contributed by atoms with Gasteiger partial charge in [-0.25, -0.2) is 4.39 Å². The first-order valence-electron chi connectivity index (χ1n) is 5.42. The highest BCUT2D eigenvalue weighted by molar-refractivity contribution is 5.20. The number of aliphatic hydroxyl groups is 1. The molecule has 2 N–H and O–H groups in total. The van der Waals surface area contributed by atoms with Crippen LogP contribution >= 0.6 is 0 Å². The average Bonchev–Trinajstić information content (AvgIpc) is 2.29. The van der Waals surface area contributed by atoms with E-state index in [0.717, 1.165) is 0 Å². The van der Waals surface area contributed by atoms with Crippen LogP contribution in [0, 0.1) is 5.82 Å². The topological polar surface area (TPSA) is 32.3 Å². The molecule has 0 fully saturated rings. The van der Waals surface area contributed by atoms with Gasteiger partial charge in [0, 0.05) is 5.54 Å². The van der Waals surface area contributed by atoms with Crippen molar-refractivity contribution in [3.05, 3.63) is 35.6 Å². The van der Waals surface area contributed by atoms with Gasteiger partial charge < -0.3 is 10.4 Å². The highest BCUT2D eigenvalue weighted by Crippen LogP contribution is 2.19. The van der Waals surface area contributed by atoms with Crippen molar-refractivity contribution in [3.63, 3.8) is 0 Å². The Morgan fingerprint density at radius 1 is 1.22 bits per heavy atom. The van der Waals surface area contributed by atoms with Crippen LogP contribution in [0.5, 0.6) is 0 Å². The molecular formula is C12H15F4NO. The molecule has 0 radical (unpaired) electrons. The smallest absolute Gasteiger partial charge is 0.394 e. The highest BCUT2D eigenvalue weighted by Gasteiger charge is 2.33. The standard InChI is InChI=1S/C12H15F4NO/c1-11(8-18,17-7-12(14,15)16)6-9-4-2-3-5-10(9)13/h2-5,17-18H,6-8H2,1H3. The van der Waals surface area contributed by atoms with Crippen LogP contribution in [-0.2, 0) is 6.42 Å². The molecule has 0 aliphatic heterocycles. The highest BCUT2D eigenvalue weighted by atomic mass is 19.4. The summed E-state index contributed by atoms with van der Waals surface area (Å²) in [5.74, 6) is -0.494. The third-order valence-electron chi connectivity index (χ3n) is 2.60. The first-order valence-corrected chi connectivity index (χ1v) is 5.42. The lowest BCUT2D eigenvalue weighted by Gasteiger charge is -2.29. The quantitative estimate of drug-likeness (QED) is 0.800. The number of nitrogens with one attached hydrogen (secondary N) is 1. The minimum absolute atomic E-state index is 0.0216. The Morgan fingerprint density at radius 3 is 2.33 bits per heavy atom. The van der Waals surface area contributed by atoms with E-state index in [9.17, 15) is 22.7 Å². The minimum Gasteiger partial charge on any atom is -0.394 e. The molecule has 0 amide bonds. The van der Waals surface area contributed by atoms with Gasteiger partial charge >= 0.3 is 6.18 Å². The Bertz CT molecular complexity index is 394. The molecule has 0 spiro atoms. The monoisotopic (exact) mass is 265 g/mol. The van der Waals surface area contributed by atoms with Crippen LogP contribution in [0.4, 0.5) is 17.6 Å². The lowest BCUT2D eigenvalue weighted by molar-refractivity contribution is -0.129. The van der Waals surface area contributed by atoms with Crippen molar-refractivity contribution in [2.75, 3.05) is 13.2 Å². The molecule has 1 unspecified atom stereocenters. The second kappa shape index (κ2) is 5.67. The molecule has 1 aromatic carbocycles. The van der Waals surface area contributed by atoms with E-state index in [0.29, 0.717) is 0 Å². The zero-order valence-corrected chi connectivity index (χ0v) is 9.89. The molecule has 6 heteroatoms. The first kappa shape index (κ1) is 14.9. The van der Waals surface area contributed by atoms with Crippen molar-refractivity contribution < 1.29 is 22.7 Å². The summed E-state index contributed by atoms with van der Waals surface area (Å²) in [6.07, 6.45) is -4.39. The summed E-state index contributed by atoms with van der Waals surface area (Å²) in [6, 6.07) is 5.81. The summed E-state index contributed by atoms with van der Waals surface area (Å²) in [7, 11) is 0. The zero-order valence-electron chi connectivity index (χ0n) is 9.89. The summed E-state index contributed by atoms with van der Waals surface area (Å²) >= 11 is 0. The van der Waals surface area contributed by atoms with Crippen molar-refractivity contribution >= 4 is 0 Å². The number of benzene rings is 1. The predicted molar refractivity (Wildman–Crippen MR) is 59.7 cm³/mol. The molecule has 0 saturated heterocycles.